The van der Waals surface area contributed by atoms with Crippen molar-refractivity contribution < 1.29 is 0 Å². The smallest absolute Gasteiger partial charge is 0.234 e. The number of nitriles is 1. The molecule has 5 heteroatoms. The van der Waals surface area contributed by atoms with Crippen LogP contribution in [0.2, 0.25) is 0 Å². The maximum absolute atomic E-state index is 8.80. The summed E-state index contributed by atoms with van der Waals surface area (Å²) < 4.78 is 1.65. The van der Waals surface area contributed by atoms with E-state index in [1.165, 1.54) is 0 Å². The average molecular weight is 193 g/mol. The third-order valence-electron chi connectivity index (χ3n) is 1.73. The van der Waals surface area contributed by atoms with Crippen molar-refractivity contribution in [3.05, 3.63) is 29.8 Å². The molecule has 4 nitrogen and oxygen atoms in total. The molecule has 0 fully saturated rings. The highest BCUT2D eigenvalue weighted by atomic mass is 35.5. The Bertz CT molecular complexity index is 482. The average Bonchev–Trinajstić information content (AvgIpc) is 2.60. The van der Waals surface area contributed by atoms with Gasteiger partial charge >= 0.3 is 0 Å². The van der Waals surface area contributed by atoms with Crippen LogP contribution < -0.4 is 0 Å². The molecule has 0 atom stereocenters. The van der Waals surface area contributed by atoms with E-state index >= 15 is 0 Å². The number of hydrogen-bond donors (Lipinski definition) is 0. The number of imidazole rings is 1. The lowest BCUT2D eigenvalue weighted by Crippen LogP contribution is -1.97. The Balaban J connectivity index is 2.85. The van der Waals surface area contributed by atoms with Gasteiger partial charge in [-0.1, -0.05) is 0 Å². The van der Waals surface area contributed by atoms with Crippen molar-refractivity contribution in [2.24, 2.45) is 0 Å². The molecule has 0 bridgehead atoms. The van der Waals surface area contributed by atoms with Crippen LogP contribution in [0.25, 0.3) is 5.78 Å². The zero-order valence-electron chi connectivity index (χ0n) is 6.61. The quantitative estimate of drug-likeness (QED) is 0.641. The minimum atomic E-state index is 0.321. The summed E-state index contributed by atoms with van der Waals surface area (Å²) in [4.78, 5) is 8.01. The Morgan fingerprint density at radius 1 is 1.54 bits per heavy atom. The molecular formula is C8H5ClN4. The molecule has 0 radical (unpaired) electrons. The lowest BCUT2D eigenvalue weighted by atomic mass is 10.4. The third-order valence-corrected chi connectivity index (χ3v) is 2.00. The third kappa shape index (κ3) is 1.14. The summed E-state index contributed by atoms with van der Waals surface area (Å²) >= 11 is 5.68. The standard InChI is InChI=1S/C8H5ClN4/c9-3-7-5-12-8-11-2-1-6(4-10)13(7)8/h1-2,5H,3H2. The number of fused-ring (bicyclic) bond motifs is 1. The van der Waals surface area contributed by atoms with Gasteiger partial charge in [-0.3, -0.25) is 4.40 Å². The fraction of sp³-hybridized carbons (Fsp3) is 0.125. The van der Waals surface area contributed by atoms with Gasteiger partial charge in [0.15, 0.2) is 0 Å². The highest BCUT2D eigenvalue weighted by Crippen LogP contribution is 2.09. The first-order valence-corrected chi connectivity index (χ1v) is 4.17. The van der Waals surface area contributed by atoms with Gasteiger partial charge in [-0.2, -0.15) is 5.26 Å². The number of halogens is 1. The second-order valence-electron chi connectivity index (χ2n) is 2.46. The van der Waals surface area contributed by atoms with Gasteiger partial charge in [0.05, 0.1) is 17.8 Å². The lowest BCUT2D eigenvalue weighted by molar-refractivity contribution is 1.02. The number of rotatable bonds is 1. The molecule has 2 aromatic heterocycles. The molecule has 0 unspecified atom stereocenters. The van der Waals surface area contributed by atoms with Crippen LogP contribution in [0.1, 0.15) is 11.4 Å². The van der Waals surface area contributed by atoms with Crippen molar-refractivity contribution in [3.63, 3.8) is 0 Å². The predicted octanol–water partition coefficient (Wildman–Crippen LogP) is 1.34. The summed E-state index contributed by atoms with van der Waals surface area (Å²) in [5.74, 6) is 0.830. The zero-order valence-corrected chi connectivity index (χ0v) is 7.36. The fourth-order valence-corrected chi connectivity index (χ4v) is 1.35. The largest absolute Gasteiger partial charge is 0.270 e. The Hall–Kier alpha value is -1.60. The van der Waals surface area contributed by atoms with Crippen LogP contribution in [-0.4, -0.2) is 14.4 Å². The lowest BCUT2D eigenvalue weighted by Gasteiger charge is -1.98. The number of aromatic nitrogens is 3. The van der Waals surface area contributed by atoms with Gasteiger partial charge < -0.3 is 0 Å². The Morgan fingerprint density at radius 3 is 3.08 bits per heavy atom. The monoisotopic (exact) mass is 192 g/mol. The van der Waals surface area contributed by atoms with Crippen LogP contribution in [0.15, 0.2) is 18.5 Å². The van der Waals surface area contributed by atoms with Crippen LogP contribution in [0.4, 0.5) is 0 Å². The summed E-state index contributed by atoms with van der Waals surface area (Å²) in [7, 11) is 0. The van der Waals surface area contributed by atoms with Gasteiger partial charge in [-0.05, 0) is 6.07 Å². The van der Waals surface area contributed by atoms with Crippen molar-refractivity contribution in [1.29, 1.82) is 5.26 Å². The highest BCUT2D eigenvalue weighted by Gasteiger charge is 2.06. The minimum Gasteiger partial charge on any atom is -0.270 e. The SMILES string of the molecule is N#Cc1ccnc2ncc(CCl)n12. The Labute approximate surface area is 79.4 Å². The number of hydrogen-bond acceptors (Lipinski definition) is 3. The molecule has 0 spiro atoms. The molecule has 2 rings (SSSR count). The Morgan fingerprint density at radius 2 is 2.38 bits per heavy atom. The topological polar surface area (TPSA) is 54.0 Å². The van der Waals surface area contributed by atoms with Gasteiger partial charge in [0.25, 0.3) is 0 Å². The molecule has 0 aliphatic rings. The molecule has 13 heavy (non-hydrogen) atoms. The molecule has 0 saturated heterocycles. The van der Waals surface area contributed by atoms with Crippen molar-refractivity contribution in [3.8, 4) is 6.07 Å². The molecule has 0 aliphatic heterocycles. The first kappa shape index (κ1) is 8.02. The zero-order chi connectivity index (χ0) is 9.26. The van der Waals surface area contributed by atoms with E-state index in [4.69, 9.17) is 16.9 Å². The van der Waals surface area contributed by atoms with Gasteiger partial charge in [-0.15, -0.1) is 11.6 Å². The molecular weight excluding hydrogens is 188 g/mol. The summed E-state index contributed by atoms with van der Waals surface area (Å²) in [5.41, 5.74) is 1.28. The summed E-state index contributed by atoms with van der Waals surface area (Å²) in [6, 6.07) is 3.68. The summed E-state index contributed by atoms with van der Waals surface area (Å²) in [6.45, 7) is 0. The van der Waals surface area contributed by atoms with E-state index in [9.17, 15) is 0 Å². The van der Waals surface area contributed by atoms with Crippen LogP contribution in [-0.2, 0) is 5.88 Å². The molecule has 0 aliphatic carbocycles. The summed E-state index contributed by atoms with van der Waals surface area (Å²) in [5, 5.41) is 8.80. The second-order valence-corrected chi connectivity index (χ2v) is 2.73. The van der Waals surface area contributed by atoms with E-state index < -0.39 is 0 Å². The van der Waals surface area contributed by atoms with Gasteiger partial charge in [0.1, 0.15) is 11.8 Å². The van der Waals surface area contributed by atoms with Crippen LogP contribution in [0.3, 0.4) is 0 Å². The molecule has 2 heterocycles. The van der Waals surface area contributed by atoms with Crippen molar-refractivity contribution >= 4 is 17.4 Å². The molecule has 2 aromatic rings. The molecule has 64 valence electrons. The molecule has 0 aromatic carbocycles. The van der Waals surface area contributed by atoms with Crippen molar-refractivity contribution in [2.75, 3.05) is 0 Å². The van der Waals surface area contributed by atoms with Gasteiger partial charge in [-0.25, -0.2) is 9.97 Å². The predicted molar refractivity (Wildman–Crippen MR) is 47.3 cm³/mol. The first-order valence-electron chi connectivity index (χ1n) is 3.64. The van der Waals surface area contributed by atoms with Crippen molar-refractivity contribution in [2.45, 2.75) is 5.88 Å². The normalized spacial score (nSPS) is 10.2. The summed E-state index contributed by atoms with van der Waals surface area (Å²) in [6.07, 6.45) is 3.18. The van der Waals surface area contributed by atoms with E-state index in [1.54, 1.807) is 22.9 Å². The van der Waals surface area contributed by atoms with E-state index in [-0.39, 0.29) is 0 Å². The van der Waals surface area contributed by atoms with Gasteiger partial charge in [0, 0.05) is 6.20 Å². The number of nitrogens with zero attached hydrogens (tertiary/aromatic N) is 4. The fourth-order valence-electron chi connectivity index (χ4n) is 1.16. The number of alkyl halides is 1. The van der Waals surface area contributed by atoms with Crippen LogP contribution in [0, 0.1) is 11.3 Å². The minimum absolute atomic E-state index is 0.321. The Kier molecular flexibility index (Phi) is 1.87. The van der Waals surface area contributed by atoms with Crippen LogP contribution >= 0.6 is 11.6 Å². The van der Waals surface area contributed by atoms with Crippen molar-refractivity contribution in [1.82, 2.24) is 14.4 Å². The molecule has 0 N–H and O–H groups in total. The molecule has 0 amide bonds. The maximum atomic E-state index is 8.80. The maximum Gasteiger partial charge on any atom is 0.234 e. The van der Waals surface area contributed by atoms with E-state index in [0.717, 1.165) is 5.69 Å². The molecule has 0 saturated carbocycles. The van der Waals surface area contributed by atoms with Gasteiger partial charge in [0.2, 0.25) is 5.78 Å². The second kappa shape index (κ2) is 3.04. The first-order chi connectivity index (χ1) is 6.36. The van der Waals surface area contributed by atoms with Crippen LogP contribution in [0.5, 0.6) is 0 Å². The van der Waals surface area contributed by atoms with E-state index in [0.29, 0.717) is 17.4 Å². The van der Waals surface area contributed by atoms with E-state index in [2.05, 4.69) is 16.0 Å². The highest BCUT2D eigenvalue weighted by molar-refractivity contribution is 6.16. The van der Waals surface area contributed by atoms with E-state index in [1.807, 2.05) is 0 Å².